The minimum absolute atomic E-state index is 0.0975. The monoisotopic (exact) mass is 232 g/mol. The van der Waals surface area contributed by atoms with Gasteiger partial charge in [0.15, 0.2) is 5.69 Å². The summed E-state index contributed by atoms with van der Waals surface area (Å²) < 4.78 is 38.2. The van der Waals surface area contributed by atoms with Crippen molar-refractivity contribution in [2.45, 2.75) is 37.9 Å². The molecule has 0 aliphatic heterocycles. The summed E-state index contributed by atoms with van der Waals surface area (Å²) in [6.45, 7) is 0. The first-order valence-corrected chi connectivity index (χ1v) is 5.11. The number of alkyl halides is 3. The molecule has 1 unspecified atom stereocenters. The van der Waals surface area contributed by atoms with E-state index in [4.69, 9.17) is 0 Å². The number of carbonyl (C=O) groups excluding carboxylic acids is 1. The SMILES string of the molecule is O=C1CCCC(n2ccc(C(F)(F)F)n2)C1. The molecule has 0 N–H and O–H groups in total. The van der Waals surface area contributed by atoms with Gasteiger partial charge in [0.05, 0.1) is 6.04 Å². The van der Waals surface area contributed by atoms with Gasteiger partial charge in [0.25, 0.3) is 0 Å². The fraction of sp³-hybridized carbons (Fsp3) is 0.600. The zero-order valence-corrected chi connectivity index (χ0v) is 8.50. The minimum Gasteiger partial charge on any atom is -0.300 e. The number of Topliss-reactive ketones (excluding diaryl/α,β-unsaturated/α-hetero) is 1. The Kier molecular flexibility index (Phi) is 2.73. The van der Waals surface area contributed by atoms with E-state index in [1.165, 1.54) is 10.9 Å². The Bertz CT molecular complexity index is 397. The number of halogens is 3. The number of carbonyl (C=O) groups is 1. The summed E-state index contributed by atoms with van der Waals surface area (Å²) in [7, 11) is 0. The van der Waals surface area contributed by atoms with Gasteiger partial charge >= 0.3 is 6.18 Å². The van der Waals surface area contributed by atoms with Crippen molar-refractivity contribution in [3.8, 4) is 0 Å². The van der Waals surface area contributed by atoms with Crippen LogP contribution in [0.3, 0.4) is 0 Å². The number of ketones is 1. The van der Waals surface area contributed by atoms with E-state index in [-0.39, 0.29) is 11.8 Å². The molecule has 3 nitrogen and oxygen atoms in total. The zero-order valence-electron chi connectivity index (χ0n) is 8.50. The first kappa shape index (κ1) is 11.2. The highest BCUT2D eigenvalue weighted by Crippen LogP contribution is 2.30. The van der Waals surface area contributed by atoms with Crippen LogP contribution in [0, 0.1) is 0 Å². The van der Waals surface area contributed by atoms with Crippen LogP contribution in [0.15, 0.2) is 12.3 Å². The molecule has 1 aromatic heterocycles. The maximum atomic E-state index is 12.3. The molecule has 1 aromatic rings. The first-order chi connectivity index (χ1) is 7.47. The highest BCUT2D eigenvalue weighted by molar-refractivity contribution is 5.79. The molecule has 2 rings (SSSR count). The Morgan fingerprint density at radius 2 is 2.19 bits per heavy atom. The lowest BCUT2D eigenvalue weighted by atomic mass is 9.94. The summed E-state index contributed by atoms with van der Waals surface area (Å²) in [5.41, 5.74) is -0.898. The van der Waals surface area contributed by atoms with E-state index in [0.717, 1.165) is 12.5 Å². The van der Waals surface area contributed by atoms with Gasteiger partial charge in [-0.2, -0.15) is 18.3 Å². The number of rotatable bonds is 1. The molecular weight excluding hydrogens is 221 g/mol. The maximum Gasteiger partial charge on any atom is 0.435 e. The smallest absolute Gasteiger partial charge is 0.300 e. The van der Waals surface area contributed by atoms with Crippen LogP contribution in [-0.4, -0.2) is 15.6 Å². The molecule has 0 amide bonds. The Hall–Kier alpha value is -1.33. The summed E-state index contributed by atoms with van der Waals surface area (Å²) in [6.07, 6.45) is -0.853. The molecule has 1 heterocycles. The van der Waals surface area contributed by atoms with Gasteiger partial charge in [-0.05, 0) is 18.9 Å². The maximum absolute atomic E-state index is 12.3. The summed E-state index contributed by atoms with van der Waals surface area (Å²) in [4.78, 5) is 11.2. The second-order valence-corrected chi connectivity index (χ2v) is 3.97. The van der Waals surface area contributed by atoms with Crippen molar-refractivity contribution >= 4 is 5.78 Å². The largest absolute Gasteiger partial charge is 0.435 e. The molecule has 0 bridgehead atoms. The molecule has 1 fully saturated rings. The highest BCUT2D eigenvalue weighted by Gasteiger charge is 2.34. The van der Waals surface area contributed by atoms with Gasteiger partial charge in [-0.25, -0.2) is 0 Å². The third kappa shape index (κ3) is 2.25. The molecule has 1 aliphatic rings. The molecular formula is C10H11F3N2O. The van der Waals surface area contributed by atoms with Crippen LogP contribution < -0.4 is 0 Å². The van der Waals surface area contributed by atoms with E-state index in [2.05, 4.69) is 5.10 Å². The van der Waals surface area contributed by atoms with Gasteiger partial charge in [0.1, 0.15) is 5.78 Å². The van der Waals surface area contributed by atoms with E-state index in [1.807, 2.05) is 0 Å². The van der Waals surface area contributed by atoms with Crippen LogP contribution >= 0.6 is 0 Å². The van der Waals surface area contributed by atoms with E-state index >= 15 is 0 Å². The molecule has 88 valence electrons. The Balaban J connectivity index is 2.15. The summed E-state index contributed by atoms with van der Waals surface area (Å²) in [5.74, 6) is 0.0975. The van der Waals surface area contributed by atoms with Crippen molar-refractivity contribution < 1.29 is 18.0 Å². The van der Waals surface area contributed by atoms with E-state index in [0.29, 0.717) is 19.3 Å². The fourth-order valence-electron chi connectivity index (χ4n) is 1.92. The minimum atomic E-state index is -4.41. The predicted octanol–water partition coefficient (Wildman–Crippen LogP) is 2.59. The van der Waals surface area contributed by atoms with Crippen LogP contribution in [0.2, 0.25) is 0 Å². The lowest BCUT2D eigenvalue weighted by molar-refractivity contribution is -0.141. The zero-order chi connectivity index (χ0) is 11.8. The van der Waals surface area contributed by atoms with Crippen molar-refractivity contribution in [2.75, 3.05) is 0 Å². The third-order valence-electron chi connectivity index (χ3n) is 2.73. The van der Waals surface area contributed by atoms with Gasteiger partial charge < -0.3 is 0 Å². The van der Waals surface area contributed by atoms with Gasteiger partial charge in [0.2, 0.25) is 0 Å². The molecule has 0 saturated heterocycles. The number of nitrogens with zero attached hydrogens (tertiary/aromatic N) is 2. The fourth-order valence-corrected chi connectivity index (χ4v) is 1.92. The predicted molar refractivity (Wildman–Crippen MR) is 49.7 cm³/mol. The molecule has 0 spiro atoms. The lowest BCUT2D eigenvalue weighted by Gasteiger charge is -2.21. The molecule has 0 aromatic carbocycles. The van der Waals surface area contributed by atoms with Gasteiger partial charge in [0, 0.05) is 19.0 Å². The Morgan fingerprint density at radius 1 is 1.44 bits per heavy atom. The van der Waals surface area contributed by atoms with Crippen molar-refractivity contribution in [1.82, 2.24) is 9.78 Å². The molecule has 1 aliphatic carbocycles. The van der Waals surface area contributed by atoms with Crippen LogP contribution in [0.4, 0.5) is 13.2 Å². The quantitative estimate of drug-likeness (QED) is 0.745. The highest BCUT2D eigenvalue weighted by atomic mass is 19.4. The standard InChI is InChI=1S/C10H11F3N2O/c11-10(12,13)9-4-5-15(14-9)7-2-1-3-8(16)6-7/h4-5,7H,1-3,6H2. The first-order valence-electron chi connectivity index (χ1n) is 5.11. The van der Waals surface area contributed by atoms with Crippen LogP contribution in [0.1, 0.15) is 37.4 Å². The van der Waals surface area contributed by atoms with Crippen molar-refractivity contribution in [3.05, 3.63) is 18.0 Å². The summed E-state index contributed by atoms with van der Waals surface area (Å²) >= 11 is 0. The topological polar surface area (TPSA) is 34.9 Å². The number of hydrogen-bond donors (Lipinski definition) is 0. The van der Waals surface area contributed by atoms with Gasteiger partial charge in [-0.3, -0.25) is 9.48 Å². The normalized spacial score (nSPS) is 22.4. The average molecular weight is 232 g/mol. The van der Waals surface area contributed by atoms with Gasteiger partial charge in [-0.15, -0.1) is 0 Å². The number of aromatic nitrogens is 2. The molecule has 6 heteroatoms. The second-order valence-electron chi connectivity index (χ2n) is 3.97. The van der Waals surface area contributed by atoms with E-state index in [1.54, 1.807) is 0 Å². The van der Waals surface area contributed by atoms with Crippen molar-refractivity contribution in [2.24, 2.45) is 0 Å². The van der Waals surface area contributed by atoms with E-state index < -0.39 is 11.9 Å². The third-order valence-corrected chi connectivity index (χ3v) is 2.73. The van der Waals surface area contributed by atoms with E-state index in [9.17, 15) is 18.0 Å². The van der Waals surface area contributed by atoms with Crippen LogP contribution in [-0.2, 0) is 11.0 Å². The van der Waals surface area contributed by atoms with Crippen molar-refractivity contribution in [1.29, 1.82) is 0 Å². The van der Waals surface area contributed by atoms with Crippen LogP contribution in [0.25, 0.3) is 0 Å². The number of hydrogen-bond acceptors (Lipinski definition) is 2. The summed E-state index contributed by atoms with van der Waals surface area (Å²) in [6, 6.07) is 0.733. The lowest BCUT2D eigenvalue weighted by Crippen LogP contribution is -2.20. The van der Waals surface area contributed by atoms with Gasteiger partial charge in [-0.1, -0.05) is 0 Å². The molecule has 1 atom stereocenters. The molecule has 16 heavy (non-hydrogen) atoms. The van der Waals surface area contributed by atoms with Crippen molar-refractivity contribution in [3.63, 3.8) is 0 Å². The second kappa shape index (κ2) is 3.92. The average Bonchev–Trinajstić information content (AvgIpc) is 2.65. The molecule has 0 radical (unpaired) electrons. The Morgan fingerprint density at radius 3 is 2.75 bits per heavy atom. The van der Waals surface area contributed by atoms with Crippen LogP contribution in [0.5, 0.6) is 0 Å². The summed E-state index contributed by atoms with van der Waals surface area (Å²) in [5, 5.41) is 3.48. The molecule has 1 saturated carbocycles. The Labute approximate surface area is 90.2 Å².